The number of benzene rings is 1. The second kappa shape index (κ2) is 6.24. The Balaban J connectivity index is 2.07. The van der Waals surface area contributed by atoms with E-state index in [2.05, 4.69) is 5.16 Å². The van der Waals surface area contributed by atoms with Crippen molar-refractivity contribution >= 4 is 0 Å². The summed E-state index contributed by atoms with van der Waals surface area (Å²) in [6.45, 7) is 2.37. The van der Waals surface area contributed by atoms with Gasteiger partial charge < -0.3 is 19.7 Å². The summed E-state index contributed by atoms with van der Waals surface area (Å²) in [5.41, 5.74) is 7.79. The van der Waals surface area contributed by atoms with Crippen LogP contribution in [0.5, 0.6) is 11.5 Å². The maximum atomic E-state index is 5.79. The normalized spacial score (nSPS) is 12.2. The van der Waals surface area contributed by atoms with Crippen LogP contribution in [0.4, 0.5) is 0 Å². The lowest BCUT2D eigenvalue weighted by Crippen LogP contribution is -2.17. The van der Waals surface area contributed by atoms with Crippen LogP contribution in [0.15, 0.2) is 35.2 Å². The molecule has 0 bridgehead atoms. The molecule has 102 valence electrons. The van der Waals surface area contributed by atoms with E-state index in [1.165, 1.54) is 0 Å². The maximum absolute atomic E-state index is 5.79. The Morgan fingerprint density at radius 3 is 2.79 bits per heavy atom. The molecule has 0 spiro atoms. The summed E-state index contributed by atoms with van der Waals surface area (Å²) in [6.07, 6.45) is 3.98. The number of nitrogens with zero attached hydrogens (tertiary/aromatic N) is 1. The van der Waals surface area contributed by atoms with Crippen LogP contribution in [0.1, 0.15) is 18.1 Å². The van der Waals surface area contributed by atoms with Crippen LogP contribution in [0, 0.1) is 0 Å². The first kappa shape index (κ1) is 13.4. The molecule has 2 aromatic rings. The zero-order chi connectivity index (χ0) is 13.7. The highest BCUT2D eigenvalue weighted by Gasteiger charge is 2.08. The number of ether oxygens (including phenoxy) is 2. The smallest absolute Gasteiger partial charge is 0.161 e. The summed E-state index contributed by atoms with van der Waals surface area (Å²) in [6, 6.07) is 5.96. The van der Waals surface area contributed by atoms with Crippen molar-refractivity contribution < 1.29 is 14.0 Å². The van der Waals surface area contributed by atoms with E-state index in [1.54, 1.807) is 19.6 Å². The van der Waals surface area contributed by atoms with Gasteiger partial charge in [-0.3, -0.25) is 0 Å². The minimum Gasteiger partial charge on any atom is -0.493 e. The van der Waals surface area contributed by atoms with Crippen LogP contribution in [0.25, 0.3) is 0 Å². The highest BCUT2D eigenvalue weighted by Crippen LogP contribution is 2.29. The molecule has 1 heterocycles. The topological polar surface area (TPSA) is 70.5 Å². The van der Waals surface area contributed by atoms with Crippen molar-refractivity contribution in [1.29, 1.82) is 0 Å². The van der Waals surface area contributed by atoms with E-state index in [0.29, 0.717) is 18.1 Å². The van der Waals surface area contributed by atoms with Crippen molar-refractivity contribution in [3.8, 4) is 11.5 Å². The number of hydrogen-bond donors (Lipinski definition) is 1. The van der Waals surface area contributed by atoms with Crippen molar-refractivity contribution in [2.45, 2.75) is 26.0 Å². The highest BCUT2D eigenvalue weighted by molar-refractivity contribution is 5.43. The van der Waals surface area contributed by atoms with E-state index in [4.69, 9.17) is 19.7 Å². The quantitative estimate of drug-likeness (QED) is 0.863. The molecule has 5 nitrogen and oxygen atoms in total. The molecular formula is C14H18N2O3. The van der Waals surface area contributed by atoms with Crippen LogP contribution in [0.3, 0.4) is 0 Å². The Morgan fingerprint density at radius 2 is 2.16 bits per heavy atom. The number of methoxy groups -OCH3 is 1. The Labute approximate surface area is 112 Å². The van der Waals surface area contributed by atoms with Crippen molar-refractivity contribution in [3.63, 3.8) is 0 Å². The molecule has 0 saturated heterocycles. The lowest BCUT2D eigenvalue weighted by Gasteiger charge is -2.12. The fourth-order valence-electron chi connectivity index (χ4n) is 1.79. The van der Waals surface area contributed by atoms with Crippen LogP contribution in [-0.2, 0) is 13.0 Å². The van der Waals surface area contributed by atoms with Gasteiger partial charge in [-0.1, -0.05) is 11.2 Å². The van der Waals surface area contributed by atoms with E-state index in [0.717, 1.165) is 17.5 Å². The molecule has 0 radical (unpaired) electrons. The molecule has 0 fully saturated rings. The summed E-state index contributed by atoms with van der Waals surface area (Å²) in [5, 5.41) is 3.62. The maximum Gasteiger partial charge on any atom is 0.161 e. The lowest BCUT2D eigenvalue weighted by molar-refractivity contribution is 0.283. The Kier molecular flexibility index (Phi) is 4.41. The minimum absolute atomic E-state index is 0.119. The van der Waals surface area contributed by atoms with Crippen LogP contribution >= 0.6 is 0 Å². The van der Waals surface area contributed by atoms with Gasteiger partial charge in [-0.25, -0.2) is 0 Å². The van der Waals surface area contributed by atoms with Gasteiger partial charge in [0, 0.05) is 11.6 Å². The average Bonchev–Trinajstić information content (AvgIpc) is 2.89. The van der Waals surface area contributed by atoms with Gasteiger partial charge in [0.1, 0.15) is 12.9 Å². The van der Waals surface area contributed by atoms with E-state index >= 15 is 0 Å². The highest BCUT2D eigenvalue weighted by atomic mass is 16.5. The summed E-state index contributed by atoms with van der Waals surface area (Å²) in [4.78, 5) is 0. The van der Waals surface area contributed by atoms with Gasteiger partial charge >= 0.3 is 0 Å². The van der Waals surface area contributed by atoms with Crippen LogP contribution in [0.2, 0.25) is 0 Å². The van der Waals surface area contributed by atoms with Gasteiger partial charge in [0.2, 0.25) is 0 Å². The first-order chi connectivity index (χ1) is 9.19. The Bertz CT molecular complexity index is 509. The van der Waals surface area contributed by atoms with Gasteiger partial charge in [0.25, 0.3) is 0 Å². The summed E-state index contributed by atoms with van der Waals surface area (Å²) < 4.78 is 15.8. The summed E-state index contributed by atoms with van der Waals surface area (Å²) in [5.74, 6) is 1.40. The molecule has 0 aliphatic rings. The fraction of sp³-hybridized carbons (Fsp3) is 0.357. The fourth-order valence-corrected chi connectivity index (χ4v) is 1.79. The lowest BCUT2D eigenvalue weighted by atomic mass is 10.1. The van der Waals surface area contributed by atoms with E-state index in [1.807, 2.05) is 25.1 Å². The first-order valence-electron chi connectivity index (χ1n) is 6.12. The summed E-state index contributed by atoms with van der Waals surface area (Å²) >= 11 is 0. The molecule has 2 rings (SSSR count). The van der Waals surface area contributed by atoms with Gasteiger partial charge in [0.15, 0.2) is 11.5 Å². The zero-order valence-corrected chi connectivity index (χ0v) is 11.1. The van der Waals surface area contributed by atoms with Crippen molar-refractivity contribution in [1.82, 2.24) is 5.16 Å². The molecule has 1 atom stereocenters. The standard InChI is InChI=1S/C14H18N2O3/c1-10(15)5-11-3-4-13(14(6-11)17-2)18-8-12-7-16-19-9-12/h3-4,6-7,9-10H,5,8,15H2,1-2H3. The number of nitrogens with two attached hydrogens (primary N) is 1. The third-order valence-corrected chi connectivity index (χ3v) is 2.66. The Morgan fingerprint density at radius 1 is 1.32 bits per heavy atom. The molecule has 1 aromatic heterocycles. The molecule has 0 saturated carbocycles. The van der Waals surface area contributed by atoms with Gasteiger partial charge in [-0.15, -0.1) is 0 Å². The number of hydrogen-bond acceptors (Lipinski definition) is 5. The van der Waals surface area contributed by atoms with Crippen molar-refractivity contribution in [3.05, 3.63) is 41.8 Å². The van der Waals surface area contributed by atoms with E-state index < -0.39 is 0 Å². The van der Waals surface area contributed by atoms with E-state index in [9.17, 15) is 0 Å². The molecule has 19 heavy (non-hydrogen) atoms. The molecule has 2 N–H and O–H groups in total. The molecular weight excluding hydrogens is 244 g/mol. The third kappa shape index (κ3) is 3.72. The Hall–Kier alpha value is -2.01. The third-order valence-electron chi connectivity index (χ3n) is 2.66. The average molecular weight is 262 g/mol. The van der Waals surface area contributed by atoms with E-state index in [-0.39, 0.29) is 6.04 Å². The second-order valence-electron chi connectivity index (χ2n) is 4.49. The first-order valence-corrected chi connectivity index (χ1v) is 6.12. The summed E-state index contributed by atoms with van der Waals surface area (Å²) in [7, 11) is 1.62. The van der Waals surface area contributed by atoms with Crippen LogP contribution in [-0.4, -0.2) is 18.3 Å². The molecule has 0 amide bonds. The van der Waals surface area contributed by atoms with Gasteiger partial charge in [0.05, 0.1) is 13.3 Å². The predicted octanol–water partition coefficient (Wildman–Crippen LogP) is 2.15. The van der Waals surface area contributed by atoms with Gasteiger partial charge in [-0.05, 0) is 31.0 Å². The monoisotopic (exact) mass is 262 g/mol. The number of aromatic nitrogens is 1. The van der Waals surface area contributed by atoms with Gasteiger partial charge in [-0.2, -0.15) is 0 Å². The second-order valence-corrected chi connectivity index (χ2v) is 4.49. The SMILES string of the molecule is COc1cc(CC(C)N)ccc1OCc1cnoc1. The molecule has 1 unspecified atom stereocenters. The van der Waals surface area contributed by atoms with Crippen molar-refractivity contribution in [2.75, 3.05) is 7.11 Å². The number of rotatable bonds is 6. The minimum atomic E-state index is 0.119. The molecule has 5 heteroatoms. The molecule has 0 aliphatic heterocycles. The molecule has 1 aromatic carbocycles. The molecule has 0 aliphatic carbocycles. The predicted molar refractivity (Wildman–Crippen MR) is 71.2 cm³/mol. The van der Waals surface area contributed by atoms with Crippen LogP contribution < -0.4 is 15.2 Å². The zero-order valence-electron chi connectivity index (χ0n) is 11.1. The largest absolute Gasteiger partial charge is 0.493 e. The van der Waals surface area contributed by atoms with Crippen molar-refractivity contribution in [2.24, 2.45) is 5.73 Å².